The van der Waals surface area contributed by atoms with E-state index in [9.17, 15) is 4.79 Å². The van der Waals surface area contributed by atoms with Gasteiger partial charge in [0, 0.05) is 19.8 Å². The molecule has 0 aliphatic carbocycles. The van der Waals surface area contributed by atoms with Crippen molar-refractivity contribution in [2.24, 2.45) is 0 Å². The Morgan fingerprint density at radius 3 is 1.41 bits per heavy atom. The first-order valence-corrected chi connectivity index (χ1v) is 32.0. The average Bonchev–Trinajstić information content (AvgIpc) is 2.66. The molecule has 0 spiro atoms. The molecule has 0 radical (unpaired) electrons. The smallest absolute Gasteiger partial charge is 0.333 e. The third kappa shape index (κ3) is 29.7. The molecule has 1 atom stereocenters. The predicted octanol–water partition coefficient (Wildman–Crippen LogP) is 7.41. The lowest BCUT2D eigenvalue weighted by Crippen LogP contribution is -2.54. The maximum atomic E-state index is 11.2. The average molecular weight is 661 g/mol. The molecule has 0 aromatic rings. The topological polar surface area (TPSA) is 81.7 Å². The van der Waals surface area contributed by atoms with Crippen LogP contribution in [0, 0.1) is 0 Å². The minimum atomic E-state index is -2.41. The maximum absolute atomic E-state index is 11.2. The standard InChI is InChI=1S/C13H34O4Si3.C10H26O4Si3.C2H4/c1-9-10-14-11-12-15-13-19(5,6)17-20(7,8)16-18(2,3)4;1-10(11)9-17(8,12-2)14-16(6,7)13-15(3,4)5;1-2/h9-13H2,1-8H3;9H2,1-8H3;1-2H2. The van der Waals surface area contributed by atoms with E-state index in [1.54, 1.807) is 14.0 Å². The summed E-state index contributed by atoms with van der Waals surface area (Å²) in [7, 11) is -10.1. The molecule has 0 aromatic carbocycles. The first-order valence-electron chi connectivity index (χ1n) is 13.9. The van der Waals surface area contributed by atoms with E-state index in [1.165, 1.54) is 0 Å². The van der Waals surface area contributed by atoms with Gasteiger partial charge < -0.3 is 35.2 Å². The molecule has 0 rings (SSSR count). The van der Waals surface area contributed by atoms with Crippen molar-refractivity contribution < 1.29 is 35.2 Å². The van der Waals surface area contributed by atoms with Gasteiger partial charge in [-0.05, 0) is 98.5 Å². The van der Waals surface area contributed by atoms with Gasteiger partial charge in [-0.2, -0.15) is 0 Å². The highest BCUT2D eigenvalue weighted by atomic mass is 28.5. The normalized spacial score (nSPS) is 14.5. The summed E-state index contributed by atoms with van der Waals surface area (Å²) in [6, 6.07) is 0.384. The number of rotatable bonds is 18. The molecule has 0 N–H and O–H groups in total. The van der Waals surface area contributed by atoms with E-state index in [4.69, 9.17) is 30.4 Å². The van der Waals surface area contributed by atoms with Gasteiger partial charge in [-0.3, -0.25) is 0 Å². The largest absolute Gasteiger partial charge is 0.437 e. The number of carbonyl (C=O) groups excluding carboxylic acids is 1. The summed E-state index contributed by atoms with van der Waals surface area (Å²) in [5.41, 5.74) is 0. The molecule has 8 nitrogen and oxygen atoms in total. The van der Waals surface area contributed by atoms with Gasteiger partial charge in [0.2, 0.25) is 8.32 Å². The summed E-state index contributed by atoms with van der Waals surface area (Å²) in [6.45, 7) is 39.5. The van der Waals surface area contributed by atoms with Crippen molar-refractivity contribution in [1.82, 2.24) is 0 Å². The van der Waals surface area contributed by atoms with E-state index < -0.39 is 50.6 Å². The minimum absolute atomic E-state index is 0.110. The quantitative estimate of drug-likeness (QED) is 0.0854. The van der Waals surface area contributed by atoms with Gasteiger partial charge in [-0.15, -0.1) is 13.2 Å². The highest BCUT2D eigenvalue weighted by molar-refractivity contribution is 6.88. The number of ether oxygens (including phenoxy) is 2. The maximum Gasteiger partial charge on any atom is 0.333 e. The summed E-state index contributed by atoms with van der Waals surface area (Å²) >= 11 is 0. The fourth-order valence-corrected chi connectivity index (χ4v) is 28.9. The Hall–Kier alpha value is 0.431. The van der Waals surface area contributed by atoms with Gasteiger partial charge in [0.1, 0.15) is 5.78 Å². The molecule has 0 saturated heterocycles. The van der Waals surface area contributed by atoms with Crippen LogP contribution in [-0.4, -0.2) is 89.6 Å². The lowest BCUT2D eigenvalue weighted by Gasteiger charge is -2.37. The van der Waals surface area contributed by atoms with Crippen molar-refractivity contribution in [2.45, 2.75) is 111 Å². The van der Waals surface area contributed by atoms with Gasteiger partial charge in [-0.1, -0.05) is 6.92 Å². The minimum Gasteiger partial charge on any atom is -0.437 e. The van der Waals surface area contributed by atoms with Crippen LogP contribution in [0.25, 0.3) is 0 Å². The highest BCUT2D eigenvalue weighted by Gasteiger charge is 2.42. The molecule has 0 amide bonds. The number of carbonyl (C=O) groups is 1. The summed E-state index contributed by atoms with van der Waals surface area (Å²) < 4.78 is 41.4. The van der Waals surface area contributed by atoms with E-state index in [0.717, 1.165) is 13.0 Å². The third-order valence-corrected chi connectivity index (χ3v) is 23.9. The molecule has 1 unspecified atom stereocenters. The monoisotopic (exact) mass is 660 g/mol. The van der Waals surface area contributed by atoms with Crippen LogP contribution < -0.4 is 0 Å². The summed E-state index contributed by atoms with van der Waals surface area (Å²) in [5, 5.41) is 0. The van der Waals surface area contributed by atoms with E-state index >= 15 is 0 Å². The Labute approximate surface area is 248 Å². The van der Waals surface area contributed by atoms with Crippen molar-refractivity contribution in [3.8, 4) is 0 Å². The van der Waals surface area contributed by atoms with Crippen molar-refractivity contribution in [3.63, 3.8) is 0 Å². The fourth-order valence-electron chi connectivity index (χ4n) is 4.02. The van der Waals surface area contributed by atoms with Crippen LogP contribution in [0.4, 0.5) is 0 Å². The lowest BCUT2D eigenvalue weighted by molar-refractivity contribution is -0.115. The zero-order valence-electron chi connectivity index (χ0n) is 28.4. The van der Waals surface area contributed by atoms with E-state index in [2.05, 4.69) is 85.6 Å². The van der Waals surface area contributed by atoms with Crippen LogP contribution in [0.15, 0.2) is 13.2 Å². The Balaban J connectivity index is -0.000000632. The van der Waals surface area contributed by atoms with Crippen LogP contribution in [0.1, 0.15) is 20.3 Å². The Bertz CT molecular complexity index is 666. The van der Waals surface area contributed by atoms with Crippen LogP contribution in [0.5, 0.6) is 0 Å². The SMILES string of the molecule is C=C.CCCOCCOC[Si](C)(C)O[Si](C)(C)O[Si](C)(C)C.CO[Si](C)(CC(C)=O)O[Si](C)(C)O[Si](C)(C)C. The van der Waals surface area contributed by atoms with E-state index in [1.807, 2.05) is 19.6 Å². The zero-order valence-corrected chi connectivity index (χ0v) is 34.4. The van der Waals surface area contributed by atoms with Gasteiger partial charge in [-0.25, -0.2) is 0 Å². The van der Waals surface area contributed by atoms with Gasteiger partial charge in [0.15, 0.2) is 16.6 Å². The van der Waals surface area contributed by atoms with Gasteiger partial charge >= 0.3 is 25.7 Å². The molecule has 14 heteroatoms. The molecular formula is C25H64O8Si6. The second kappa shape index (κ2) is 19.6. The van der Waals surface area contributed by atoms with Crippen LogP contribution in [0.2, 0.25) is 91.2 Å². The molecule has 0 aliphatic heterocycles. The van der Waals surface area contributed by atoms with Crippen molar-refractivity contribution in [2.75, 3.05) is 33.2 Å². The van der Waals surface area contributed by atoms with E-state index in [-0.39, 0.29) is 5.78 Å². The predicted molar refractivity (Wildman–Crippen MR) is 181 cm³/mol. The third-order valence-electron chi connectivity index (χ3n) is 4.26. The molecule has 236 valence electrons. The Morgan fingerprint density at radius 2 is 1.05 bits per heavy atom. The second-order valence-corrected chi connectivity index (χ2v) is 37.2. The van der Waals surface area contributed by atoms with Crippen molar-refractivity contribution in [3.05, 3.63) is 13.2 Å². The number of hydrogen-bond acceptors (Lipinski definition) is 8. The summed E-state index contributed by atoms with van der Waals surface area (Å²) in [6.07, 6.45) is 1.76. The molecule has 0 aromatic heterocycles. The van der Waals surface area contributed by atoms with Crippen molar-refractivity contribution in [1.29, 1.82) is 0 Å². The molecule has 39 heavy (non-hydrogen) atoms. The second-order valence-electron chi connectivity index (χ2n) is 13.1. The first-order chi connectivity index (χ1) is 17.4. The van der Waals surface area contributed by atoms with E-state index in [0.29, 0.717) is 25.5 Å². The Morgan fingerprint density at radius 1 is 0.641 bits per heavy atom. The van der Waals surface area contributed by atoms with Gasteiger partial charge in [0.05, 0.1) is 19.4 Å². The highest BCUT2D eigenvalue weighted by Crippen LogP contribution is 2.23. The first kappa shape index (κ1) is 43.9. The summed E-state index contributed by atoms with van der Waals surface area (Å²) in [5.74, 6) is 0.110. The molecular weight excluding hydrogens is 597 g/mol. The number of Topliss-reactive ketones (excluding diaryl/α,β-unsaturated/α-hetero) is 1. The molecule has 0 saturated carbocycles. The molecule has 0 fully saturated rings. The van der Waals surface area contributed by atoms with Crippen LogP contribution >= 0.6 is 0 Å². The molecule has 0 aliphatic rings. The molecule has 0 bridgehead atoms. The van der Waals surface area contributed by atoms with Gasteiger partial charge in [0.25, 0.3) is 0 Å². The summed E-state index contributed by atoms with van der Waals surface area (Å²) in [4.78, 5) is 11.2. The molecule has 0 heterocycles. The number of ketones is 1. The fraction of sp³-hybridized carbons (Fsp3) is 0.880. The van der Waals surface area contributed by atoms with Crippen LogP contribution in [0.3, 0.4) is 0 Å². The van der Waals surface area contributed by atoms with Crippen molar-refractivity contribution >= 4 is 56.4 Å². The number of hydrogen-bond donors (Lipinski definition) is 0. The Kier molecular flexibility index (Phi) is 22.0. The lowest BCUT2D eigenvalue weighted by atomic mass is 10.5. The van der Waals surface area contributed by atoms with Crippen LogP contribution in [-0.2, 0) is 35.2 Å². The zero-order chi connectivity index (χ0) is 31.8.